The van der Waals surface area contributed by atoms with Crippen molar-refractivity contribution in [1.29, 1.82) is 0 Å². The zero-order valence-electron chi connectivity index (χ0n) is 26.1. The van der Waals surface area contributed by atoms with Crippen LogP contribution in [0.4, 0.5) is 11.4 Å². The van der Waals surface area contributed by atoms with Gasteiger partial charge in [-0.3, -0.25) is 19.5 Å². The Hall–Kier alpha value is -5.24. The van der Waals surface area contributed by atoms with Crippen LogP contribution in [0.1, 0.15) is 17.0 Å². The van der Waals surface area contributed by atoms with E-state index in [1.54, 1.807) is 13.2 Å². The minimum atomic E-state index is -0.418. The van der Waals surface area contributed by atoms with E-state index in [1.165, 1.54) is 57.8 Å². The van der Waals surface area contributed by atoms with E-state index in [0.717, 1.165) is 37.2 Å². The lowest BCUT2D eigenvalue weighted by molar-refractivity contribution is -0.384. The van der Waals surface area contributed by atoms with Crippen LogP contribution in [0.15, 0.2) is 119 Å². The van der Waals surface area contributed by atoms with E-state index in [9.17, 15) is 14.9 Å². The van der Waals surface area contributed by atoms with Crippen molar-refractivity contribution in [2.24, 2.45) is 0 Å². The van der Waals surface area contributed by atoms with Crippen molar-refractivity contribution in [3.63, 3.8) is 0 Å². The summed E-state index contributed by atoms with van der Waals surface area (Å²) in [6.07, 6.45) is 0.587. The number of methoxy groups -OCH3 is 1. The van der Waals surface area contributed by atoms with Gasteiger partial charge in [0, 0.05) is 41.2 Å². The van der Waals surface area contributed by atoms with Gasteiger partial charge in [-0.1, -0.05) is 84.2 Å². The maximum atomic E-state index is 13.1. The van der Waals surface area contributed by atoms with Crippen LogP contribution in [0.25, 0.3) is 26.7 Å². The molecule has 1 N–H and O–H groups in total. The van der Waals surface area contributed by atoms with Crippen LogP contribution in [0.2, 0.25) is 0 Å². The van der Waals surface area contributed by atoms with Gasteiger partial charge in [-0.25, -0.2) is 4.98 Å². The Balaban J connectivity index is 1.03. The Morgan fingerprint density at radius 2 is 1.73 bits per heavy atom. The van der Waals surface area contributed by atoms with Gasteiger partial charge in [0.05, 0.1) is 28.0 Å². The second kappa shape index (κ2) is 14.5. The highest BCUT2D eigenvalue weighted by atomic mass is 32.2. The Morgan fingerprint density at radius 1 is 0.918 bits per heavy atom. The zero-order chi connectivity index (χ0) is 33.7. The molecule has 0 aliphatic carbocycles. The number of non-ortho nitro benzene ring substituents is 1. The molecule has 0 saturated heterocycles. The summed E-state index contributed by atoms with van der Waals surface area (Å²) in [6, 6.07) is 34.7. The molecule has 2 heterocycles. The molecule has 0 bridgehead atoms. The number of amides is 1. The number of rotatable bonds is 12. The van der Waals surface area contributed by atoms with Gasteiger partial charge in [0.2, 0.25) is 5.91 Å². The number of nitro benzene ring substituents is 1. The fourth-order valence-electron chi connectivity index (χ4n) is 5.46. The third kappa shape index (κ3) is 7.28. The van der Waals surface area contributed by atoms with Gasteiger partial charge in [-0.05, 0) is 52.7 Å². The van der Waals surface area contributed by atoms with Crippen molar-refractivity contribution in [1.82, 2.24) is 19.7 Å². The van der Waals surface area contributed by atoms with Gasteiger partial charge in [-0.15, -0.1) is 21.5 Å². The van der Waals surface area contributed by atoms with Crippen molar-refractivity contribution in [2.45, 2.75) is 21.7 Å². The number of aromatic nitrogens is 4. The Kier molecular flexibility index (Phi) is 9.55. The minimum absolute atomic E-state index is 0.0147. The fraction of sp³-hybridized carbons (Fsp3) is 0.111. The number of nitrogens with one attached hydrogen (secondary N) is 1. The first-order chi connectivity index (χ1) is 23.9. The van der Waals surface area contributed by atoms with Crippen LogP contribution in [0.5, 0.6) is 5.75 Å². The molecule has 13 heteroatoms. The maximum absolute atomic E-state index is 13.1. The molecule has 0 aliphatic rings. The number of anilines is 1. The number of para-hydroxylation sites is 1. The number of benzene rings is 5. The van der Waals surface area contributed by atoms with Crippen molar-refractivity contribution >= 4 is 73.1 Å². The number of hydrogen-bond donors (Lipinski definition) is 1. The summed E-state index contributed by atoms with van der Waals surface area (Å²) < 4.78 is 9.14. The average Bonchev–Trinajstić information content (AvgIpc) is 3.73. The molecule has 2 aromatic heterocycles. The smallest absolute Gasteiger partial charge is 0.270 e. The van der Waals surface area contributed by atoms with Crippen LogP contribution in [-0.2, 0) is 17.0 Å². The lowest BCUT2D eigenvalue weighted by atomic mass is 10.0. The summed E-state index contributed by atoms with van der Waals surface area (Å²) in [6.45, 7) is 0. The molecule has 0 spiro atoms. The van der Waals surface area contributed by atoms with Crippen LogP contribution in [-0.4, -0.2) is 43.4 Å². The van der Waals surface area contributed by atoms with Gasteiger partial charge in [0.1, 0.15) is 11.6 Å². The summed E-state index contributed by atoms with van der Waals surface area (Å²) in [5.74, 6) is 1.82. The molecule has 0 saturated carbocycles. The number of nitrogens with zero attached hydrogens (tertiary/aromatic N) is 5. The first kappa shape index (κ1) is 32.3. The maximum Gasteiger partial charge on any atom is 0.270 e. The third-order valence-corrected chi connectivity index (χ3v) is 10.9. The molecule has 0 aliphatic heterocycles. The highest BCUT2D eigenvalue weighted by Gasteiger charge is 2.18. The summed E-state index contributed by atoms with van der Waals surface area (Å²) in [7, 11) is 1.54. The lowest BCUT2D eigenvalue weighted by Crippen LogP contribution is -2.14. The molecule has 244 valence electrons. The highest BCUT2D eigenvalue weighted by Crippen LogP contribution is 2.36. The molecular formula is C36H28N6O4S3. The van der Waals surface area contributed by atoms with Gasteiger partial charge < -0.3 is 10.1 Å². The molecule has 49 heavy (non-hydrogen) atoms. The van der Waals surface area contributed by atoms with E-state index in [2.05, 4.69) is 45.8 Å². The Morgan fingerprint density at radius 3 is 2.57 bits per heavy atom. The summed E-state index contributed by atoms with van der Waals surface area (Å²) >= 11 is 4.30. The van der Waals surface area contributed by atoms with E-state index < -0.39 is 4.92 Å². The number of nitro groups is 1. The Labute approximate surface area is 293 Å². The van der Waals surface area contributed by atoms with E-state index in [4.69, 9.17) is 9.72 Å². The fourth-order valence-corrected chi connectivity index (χ4v) is 8.32. The average molecular weight is 705 g/mol. The number of ether oxygens (including phenoxy) is 1. The predicted molar refractivity (Wildman–Crippen MR) is 196 cm³/mol. The zero-order valence-corrected chi connectivity index (χ0v) is 28.6. The van der Waals surface area contributed by atoms with Crippen LogP contribution in [0, 0.1) is 10.1 Å². The van der Waals surface area contributed by atoms with Crippen LogP contribution < -0.4 is 10.1 Å². The summed E-state index contributed by atoms with van der Waals surface area (Å²) in [4.78, 5) is 28.7. The minimum Gasteiger partial charge on any atom is -0.496 e. The van der Waals surface area contributed by atoms with Gasteiger partial charge in [0.25, 0.3) is 5.69 Å². The van der Waals surface area contributed by atoms with Gasteiger partial charge in [0.15, 0.2) is 9.50 Å². The third-order valence-electron chi connectivity index (χ3n) is 7.75. The van der Waals surface area contributed by atoms with Crippen molar-refractivity contribution in [3.8, 4) is 11.4 Å². The second-order valence-corrected chi connectivity index (χ2v) is 14.1. The molecule has 0 unspecified atom stereocenters. The molecule has 7 aromatic rings. The van der Waals surface area contributed by atoms with E-state index >= 15 is 0 Å². The van der Waals surface area contributed by atoms with Gasteiger partial charge >= 0.3 is 0 Å². The molecule has 1 amide bonds. The SMILES string of the molecule is COc1ccc([N+](=O)[O-])cc1CSc1nc2ccc(NC(=O)CSc3nnc(Cc4cccc5ccccc45)n3-c3ccccc3)cc2s1. The quantitative estimate of drug-likeness (QED) is 0.0757. The Bertz CT molecular complexity index is 2300. The van der Waals surface area contributed by atoms with E-state index in [-0.39, 0.29) is 17.3 Å². The normalized spacial score (nSPS) is 11.2. The van der Waals surface area contributed by atoms with E-state index in [1.807, 2.05) is 65.2 Å². The molecule has 7 rings (SSSR count). The number of carbonyl (C=O) groups is 1. The first-order valence-corrected chi connectivity index (χ1v) is 18.0. The molecule has 0 fully saturated rings. The van der Waals surface area contributed by atoms with Crippen molar-refractivity contribution < 1.29 is 14.5 Å². The van der Waals surface area contributed by atoms with Gasteiger partial charge in [-0.2, -0.15) is 0 Å². The number of carbonyl (C=O) groups excluding carboxylic acids is 1. The second-order valence-electron chi connectivity index (χ2n) is 10.9. The summed E-state index contributed by atoms with van der Waals surface area (Å²) in [5.41, 5.74) is 4.29. The summed E-state index contributed by atoms with van der Waals surface area (Å²) in [5, 5.41) is 26.3. The number of fused-ring (bicyclic) bond motifs is 2. The predicted octanol–water partition coefficient (Wildman–Crippen LogP) is 8.56. The molecule has 10 nitrogen and oxygen atoms in total. The number of hydrogen-bond acceptors (Lipinski definition) is 10. The highest BCUT2D eigenvalue weighted by molar-refractivity contribution is 8.00. The van der Waals surface area contributed by atoms with Crippen molar-refractivity contribution in [2.75, 3.05) is 18.2 Å². The molecule has 5 aromatic carbocycles. The van der Waals surface area contributed by atoms with Crippen LogP contribution in [0.3, 0.4) is 0 Å². The number of thioether (sulfide) groups is 2. The first-order valence-electron chi connectivity index (χ1n) is 15.2. The topological polar surface area (TPSA) is 125 Å². The molecular weight excluding hydrogens is 677 g/mol. The van der Waals surface area contributed by atoms with Crippen LogP contribution >= 0.6 is 34.9 Å². The molecule has 0 atom stereocenters. The number of thiazole rings is 1. The lowest BCUT2D eigenvalue weighted by Gasteiger charge is -2.11. The largest absolute Gasteiger partial charge is 0.496 e. The van der Waals surface area contributed by atoms with Crippen molar-refractivity contribution in [3.05, 3.63) is 136 Å². The molecule has 0 radical (unpaired) electrons. The standard InChI is InChI=1S/C36H28N6O4S3/c1-46-31-17-15-28(42(44)45)18-25(31)21-48-36-38-30-16-14-26(20-32(30)49-36)37-34(43)22-47-35-40-39-33(41(35)27-11-3-2-4-12-27)19-24-10-7-9-23-8-5-6-13-29(23)24/h2-18,20H,19,21-22H2,1H3,(H,37,43). The monoisotopic (exact) mass is 704 g/mol. The van der Waals surface area contributed by atoms with E-state index in [0.29, 0.717) is 28.8 Å².